The molecule has 0 spiro atoms. The van der Waals surface area contributed by atoms with E-state index in [9.17, 15) is 31.9 Å². The molecule has 3 N–H and O–H groups in total. The van der Waals surface area contributed by atoms with E-state index < -0.39 is 29.9 Å². The van der Waals surface area contributed by atoms with E-state index in [-0.39, 0.29) is 57.1 Å². The quantitative estimate of drug-likeness (QED) is 0.317. The number of rotatable bonds is 8. The average molecular weight is 649 g/mol. The van der Waals surface area contributed by atoms with Crippen LogP contribution >= 0.6 is 11.6 Å². The summed E-state index contributed by atoms with van der Waals surface area (Å²) in [5.74, 6) is -4.18. The molecule has 45 heavy (non-hydrogen) atoms. The lowest BCUT2D eigenvalue weighted by Crippen LogP contribution is -2.44. The molecule has 3 fully saturated rings. The van der Waals surface area contributed by atoms with E-state index in [1.165, 1.54) is 29.8 Å². The fourth-order valence-corrected chi connectivity index (χ4v) is 6.43. The van der Waals surface area contributed by atoms with Crippen molar-refractivity contribution in [2.45, 2.75) is 25.5 Å². The standard InChI is InChI=1S/C30H29ClF4N6O4/c1-40-21(17-4-5-22(45-30(34)35)24(33)23(17)32)13-37-26(40)28(43)38-15-2-3-16(20(31)10-15)29(44)41-8-6-14(7-9-41)27(42)39-25-18-11-36-12-19(18)25/h2-5,10,13-14,18-19,25,30,36H,6-9,11-12H2,1H3,(H,38,43)(H,39,42)/t18-,19+,25+. The molecular weight excluding hydrogens is 620 g/mol. The highest BCUT2D eigenvalue weighted by Crippen LogP contribution is 2.42. The van der Waals surface area contributed by atoms with Crippen molar-refractivity contribution in [1.82, 2.24) is 25.1 Å². The van der Waals surface area contributed by atoms with E-state index in [0.29, 0.717) is 37.8 Å². The molecule has 3 aliphatic rings. The molecule has 2 saturated heterocycles. The van der Waals surface area contributed by atoms with Crippen LogP contribution < -0.4 is 20.7 Å². The summed E-state index contributed by atoms with van der Waals surface area (Å²) in [5.41, 5.74) is 0.188. The van der Waals surface area contributed by atoms with Gasteiger partial charge >= 0.3 is 6.61 Å². The van der Waals surface area contributed by atoms with Crippen LogP contribution in [0.2, 0.25) is 5.02 Å². The van der Waals surface area contributed by atoms with E-state index in [4.69, 9.17) is 11.6 Å². The van der Waals surface area contributed by atoms with Gasteiger partial charge in [0.2, 0.25) is 11.7 Å². The lowest BCUT2D eigenvalue weighted by molar-refractivity contribution is -0.126. The molecule has 3 amide bonds. The fourth-order valence-electron chi connectivity index (χ4n) is 6.17. The number of aromatic nitrogens is 2. The van der Waals surface area contributed by atoms with Crippen LogP contribution in [0, 0.1) is 29.4 Å². The van der Waals surface area contributed by atoms with E-state index in [0.717, 1.165) is 31.4 Å². The number of fused-ring (bicyclic) bond motifs is 1. The summed E-state index contributed by atoms with van der Waals surface area (Å²) in [6.45, 7) is -0.615. The summed E-state index contributed by atoms with van der Waals surface area (Å²) in [4.78, 5) is 44.6. The van der Waals surface area contributed by atoms with Crippen LogP contribution in [0.25, 0.3) is 11.3 Å². The van der Waals surface area contributed by atoms with Gasteiger partial charge in [-0.25, -0.2) is 9.37 Å². The fraction of sp³-hybridized carbons (Fsp3) is 0.400. The maximum atomic E-state index is 14.7. The summed E-state index contributed by atoms with van der Waals surface area (Å²) in [5, 5.41) is 9.19. The highest BCUT2D eigenvalue weighted by molar-refractivity contribution is 6.34. The number of halogens is 5. The second kappa shape index (κ2) is 12.3. The highest BCUT2D eigenvalue weighted by Gasteiger charge is 2.54. The summed E-state index contributed by atoms with van der Waals surface area (Å²) in [7, 11) is 1.40. The molecule has 1 saturated carbocycles. The lowest BCUT2D eigenvalue weighted by atomic mass is 9.95. The third-order valence-corrected chi connectivity index (χ3v) is 9.05. The van der Waals surface area contributed by atoms with Gasteiger partial charge in [-0.2, -0.15) is 13.2 Å². The van der Waals surface area contributed by atoms with Crippen LogP contribution in [0.3, 0.4) is 0 Å². The zero-order chi connectivity index (χ0) is 32.0. The Bertz CT molecular complexity index is 1650. The van der Waals surface area contributed by atoms with Gasteiger partial charge < -0.3 is 30.2 Å². The number of nitrogens with one attached hydrogen (secondary N) is 3. The normalized spacial score (nSPS) is 21.0. The van der Waals surface area contributed by atoms with Crippen molar-refractivity contribution in [3.63, 3.8) is 0 Å². The van der Waals surface area contributed by atoms with Crippen molar-refractivity contribution in [3.05, 3.63) is 64.6 Å². The minimum absolute atomic E-state index is 0.00720. The molecule has 0 radical (unpaired) electrons. The Kier molecular flexibility index (Phi) is 8.44. The number of hydrogen-bond donors (Lipinski definition) is 3. The number of nitrogens with zero attached hydrogens (tertiary/aromatic N) is 3. The highest BCUT2D eigenvalue weighted by atomic mass is 35.5. The molecule has 3 atom stereocenters. The summed E-state index contributed by atoms with van der Waals surface area (Å²) in [6, 6.07) is 6.56. The van der Waals surface area contributed by atoms with Crippen molar-refractivity contribution in [2.24, 2.45) is 24.8 Å². The average Bonchev–Trinajstić information content (AvgIpc) is 3.31. The Morgan fingerprint density at radius 3 is 2.44 bits per heavy atom. The Balaban J connectivity index is 1.06. The van der Waals surface area contributed by atoms with Gasteiger partial charge in [0.25, 0.3) is 11.8 Å². The number of anilines is 1. The van der Waals surface area contributed by atoms with Gasteiger partial charge in [-0.05, 0) is 55.0 Å². The smallest absolute Gasteiger partial charge is 0.387 e. The van der Waals surface area contributed by atoms with Crippen molar-refractivity contribution >= 4 is 35.0 Å². The van der Waals surface area contributed by atoms with Crippen molar-refractivity contribution in [3.8, 4) is 17.0 Å². The number of ether oxygens (including phenoxy) is 1. The molecule has 3 aromatic rings. The third-order valence-electron chi connectivity index (χ3n) is 8.74. The van der Waals surface area contributed by atoms with Crippen LogP contribution in [0.15, 0.2) is 36.5 Å². The summed E-state index contributed by atoms with van der Waals surface area (Å²) >= 11 is 6.43. The van der Waals surface area contributed by atoms with Gasteiger partial charge in [0.05, 0.1) is 22.5 Å². The van der Waals surface area contributed by atoms with Crippen LogP contribution in [0.5, 0.6) is 5.75 Å². The number of benzene rings is 2. The first-order valence-corrected chi connectivity index (χ1v) is 14.8. The molecule has 2 aromatic carbocycles. The molecule has 15 heteroatoms. The molecule has 0 bridgehead atoms. The number of amides is 3. The largest absolute Gasteiger partial charge is 0.432 e. The number of imidazole rings is 1. The van der Waals surface area contributed by atoms with E-state index in [2.05, 4.69) is 25.7 Å². The summed E-state index contributed by atoms with van der Waals surface area (Å²) < 4.78 is 59.0. The van der Waals surface area contributed by atoms with Crippen LogP contribution in [0.4, 0.5) is 23.2 Å². The number of hydrogen-bond acceptors (Lipinski definition) is 6. The first-order chi connectivity index (χ1) is 21.5. The SMILES string of the molecule is Cn1c(-c2ccc(OC(F)F)c(F)c2F)cnc1C(=O)Nc1ccc(C(=O)N2CCC(C(=O)N[C@H]3[C@@H]4CNC[C@@H]43)CC2)c(Cl)c1. The number of carbonyl (C=O) groups excluding carboxylic acids is 3. The first-order valence-electron chi connectivity index (χ1n) is 14.4. The van der Waals surface area contributed by atoms with Gasteiger partial charge in [0.1, 0.15) is 0 Å². The van der Waals surface area contributed by atoms with Gasteiger partial charge in [-0.15, -0.1) is 0 Å². The monoisotopic (exact) mass is 648 g/mol. The molecular formula is C30H29ClF4N6O4. The first kappa shape index (κ1) is 30.8. The van der Waals surface area contributed by atoms with Gasteiger partial charge in [-0.1, -0.05) is 11.6 Å². The predicted octanol–water partition coefficient (Wildman–Crippen LogP) is 4.06. The van der Waals surface area contributed by atoms with Crippen LogP contribution in [-0.2, 0) is 11.8 Å². The van der Waals surface area contributed by atoms with E-state index in [1.54, 1.807) is 4.90 Å². The number of piperidine rings is 2. The number of likely N-dealkylation sites (tertiary alicyclic amines) is 1. The van der Waals surface area contributed by atoms with Gasteiger partial charge in [-0.3, -0.25) is 14.4 Å². The molecule has 1 aliphatic carbocycles. The Labute approximate surface area is 260 Å². The van der Waals surface area contributed by atoms with Crippen LogP contribution in [-0.4, -0.2) is 71.0 Å². The third kappa shape index (κ3) is 6.08. The molecule has 1 aromatic heterocycles. The second-order valence-electron chi connectivity index (χ2n) is 11.4. The molecule has 238 valence electrons. The number of carbonyl (C=O) groups is 3. The van der Waals surface area contributed by atoms with E-state index in [1.807, 2.05) is 0 Å². The Morgan fingerprint density at radius 1 is 1.07 bits per heavy atom. The molecule has 3 heterocycles. The zero-order valence-corrected chi connectivity index (χ0v) is 24.7. The van der Waals surface area contributed by atoms with E-state index >= 15 is 0 Å². The molecule has 6 rings (SSSR count). The molecule has 10 nitrogen and oxygen atoms in total. The zero-order valence-electron chi connectivity index (χ0n) is 24.0. The Morgan fingerprint density at radius 2 is 1.78 bits per heavy atom. The predicted molar refractivity (Wildman–Crippen MR) is 155 cm³/mol. The maximum absolute atomic E-state index is 14.7. The topological polar surface area (TPSA) is 118 Å². The molecule has 0 unspecified atom stereocenters. The van der Waals surface area contributed by atoms with Crippen molar-refractivity contribution < 1.29 is 36.7 Å². The van der Waals surface area contributed by atoms with Crippen molar-refractivity contribution in [2.75, 3.05) is 31.5 Å². The maximum Gasteiger partial charge on any atom is 0.387 e. The summed E-state index contributed by atoms with van der Waals surface area (Å²) in [6.07, 6.45) is 2.25. The Hall–Kier alpha value is -4.17. The minimum atomic E-state index is -3.33. The molecule has 2 aliphatic heterocycles. The second-order valence-corrected chi connectivity index (χ2v) is 11.8. The van der Waals surface area contributed by atoms with Crippen molar-refractivity contribution in [1.29, 1.82) is 0 Å². The number of alkyl halides is 2. The lowest BCUT2D eigenvalue weighted by Gasteiger charge is -2.31. The minimum Gasteiger partial charge on any atom is -0.432 e. The van der Waals surface area contributed by atoms with Gasteiger partial charge in [0.15, 0.2) is 17.4 Å². The van der Waals surface area contributed by atoms with Crippen LogP contribution in [0.1, 0.15) is 33.8 Å². The van der Waals surface area contributed by atoms with Gasteiger partial charge in [0, 0.05) is 56.4 Å².